The van der Waals surface area contributed by atoms with Crippen LogP contribution in [0.15, 0.2) is 69.6 Å². The number of fused-ring (bicyclic) bond motifs is 3. The van der Waals surface area contributed by atoms with Gasteiger partial charge in [-0.1, -0.05) is 59.8 Å². The number of benzene rings is 2. The fraction of sp³-hybridized carbons (Fsp3) is 0.231. The molecule has 172 valence electrons. The van der Waals surface area contributed by atoms with E-state index in [-0.39, 0.29) is 17.2 Å². The molecule has 4 aromatic rings. The molecule has 2 aromatic carbocycles. The van der Waals surface area contributed by atoms with Crippen molar-refractivity contribution in [2.45, 2.75) is 37.8 Å². The maximum Gasteiger partial charge on any atom is 0.267 e. The number of amides is 1. The van der Waals surface area contributed by atoms with Gasteiger partial charge in [-0.05, 0) is 55.9 Å². The molecule has 0 saturated heterocycles. The third kappa shape index (κ3) is 4.69. The number of carbonyl (C=O) groups is 1. The van der Waals surface area contributed by atoms with Gasteiger partial charge in [-0.25, -0.2) is 10.4 Å². The Hall–Kier alpha value is -3.23. The average Bonchev–Trinajstić information content (AvgIpc) is 3.23. The SMILES string of the molecule is Cc1ccc(-n2c(SCC(=O)NN=Cc3ccccc3)nc3sc4c(c3c2=O)CCCC4)cc1. The fourth-order valence-electron chi connectivity index (χ4n) is 4.08. The topological polar surface area (TPSA) is 76.3 Å². The van der Waals surface area contributed by atoms with E-state index in [1.54, 1.807) is 22.1 Å². The third-order valence-electron chi connectivity index (χ3n) is 5.79. The number of thioether (sulfide) groups is 1. The Morgan fingerprint density at radius 1 is 1.15 bits per heavy atom. The minimum absolute atomic E-state index is 0.0572. The van der Waals surface area contributed by atoms with Crippen molar-refractivity contribution < 1.29 is 4.79 Å². The summed E-state index contributed by atoms with van der Waals surface area (Å²) < 4.78 is 1.65. The standard InChI is InChI=1S/C26H24N4O2S2/c1-17-11-13-19(14-12-17)30-25(32)23-20-9-5-6-10-21(20)34-24(23)28-26(30)33-16-22(31)29-27-15-18-7-3-2-4-8-18/h2-4,7-8,11-15H,5-6,9-10,16H2,1H3,(H,29,31). The van der Waals surface area contributed by atoms with Gasteiger partial charge in [0.2, 0.25) is 0 Å². The lowest BCUT2D eigenvalue weighted by Crippen LogP contribution is -2.24. The summed E-state index contributed by atoms with van der Waals surface area (Å²) in [6, 6.07) is 17.4. The highest BCUT2D eigenvalue weighted by molar-refractivity contribution is 7.99. The first kappa shape index (κ1) is 22.6. The summed E-state index contributed by atoms with van der Waals surface area (Å²) in [6.07, 6.45) is 5.78. The van der Waals surface area contributed by atoms with Gasteiger partial charge in [0.25, 0.3) is 11.5 Å². The van der Waals surface area contributed by atoms with Gasteiger partial charge in [-0.15, -0.1) is 11.3 Å². The summed E-state index contributed by atoms with van der Waals surface area (Å²) in [5.74, 6) is -0.159. The van der Waals surface area contributed by atoms with Crippen molar-refractivity contribution in [3.05, 3.63) is 86.5 Å². The molecule has 0 atom stereocenters. The number of nitrogens with zero attached hydrogens (tertiary/aromatic N) is 3. The molecule has 5 rings (SSSR count). The quantitative estimate of drug-likeness (QED) is 0.182. The number of nitrogens with one attached hydrogen (secondary N) is 1. The number of rotatable bonds is 6. The molecule has 0 radical (unpaired) electrons. The number of carbonyl (C=O) groups excluding carboxylic acids is 1. The number of thiophene rings is 1. The number of hydrogen-bond acceptors (Lipinski definition) is 6. The zero-order valence-corrected chi connectivity index (χ0v) is 20.4. The van der Waals surface area contributed by atoms with Crippen molar-refractivity contribution in [2.75, 3.05) is 5.75 Å². The number of aromatic nitrogens is 2. The lowest BCUT2D eigenvalue weighted by Gasteiger charge is -2.13. The molecule has 1 N–H and O–H groups in total. The Bertz CT molecular complexity index is 1420. The highest BCUT2D eigenvalue weighted by Crippen LogP contribution is 2.35. The highest BCUT2D eigenvalue weighted by Gasteiger charge is 2.23. The summed E-state index contributed by atoms with van der Waals surface area (Å²) in [6.45, 7) is 2.01. The van der Waals surface area contributed by atoms with E-state index in [1.165, 1.54) is 16.6 Å². The van der Waals surface area contributed by atoms with Gasteiger partial charge >= 0.3 is 0 Å². The molecular formula is C26H24N4O2S2. The van der Waals surface area contributed by atoms with Gasteiger partial charge in [0, 0.05) is 4.88 Å². The van der Waals surface area contributed by atoms with Crippen LogP contribution < -0.4 is 11.0 Å². The molecule has 0 fully saturated rings. The van der Waals surface area contributed by atoms with Crippen molar-refractivity contribution in [1.82, 2.24) is 15.0 Å². The molecule has 1 amide bonds. The molecule has 2 aromatic heterocycles. The fourth-order valence-corrected chi connectivity index (χ4v) is 6.19. The van der Waals surface area contributed by atoms with Crippen LogP contribution >= 0.6 is 23.1 Å². The van der Waals surface area contributed by atoms with Crippen LogP contribution in [0, 0.1) is 6.92 Å². The molecule has 1 aliphatic rings. The Morgan fingerprint density at radius 2 is 1.91 bits per heavy atom. The summed E-state index contributed by atoms with van der Waals surface area (Å²) >= 11 is 2.87. The van der Waals surface area contributed by atoms with Crippen LogP contribution in [-0.4, -0.2) is 27.4 Å². The molecular weight excluding hydrogens is 464 g/mol. The zero-order chi connectivity index (χ0) is 23.5. The Labute approximate surface area is 205 Å². The predicted molar refractivity (Wildman–Crippen MR) is 139 cm³/mol. The van der Waals surface area contributed by atoms with E-state index in [1.807, 2.05) is 61.5 Å². The second-order valence-electron chi connectivity index (χ2n) is 8.25. The number of hydrazone groups is 1. The van der Waals surface area contributed by atoms with E-state index in [4.69, 9.17) is 4.98 Å². The average molecular weight is 489 g/mol. The van der Waals surface area contributed by atoms with E-state index in [0.717, 1.165) is 58.3 Å². The van der Waals surface area contributed by atoms with Crippen molar-refractivity contribution in [3.63, 3.8) is 0 Å². The number of aryl methyl sites for hydroxylation is 3. The Balaban J connectivity index is 1.45. The Morgan fingerprint density at radius 3 is 2.71 bits per heavy atom. The lowest BCUT2D eigenvalue weighted by molar-refractivity contribution is -0.118. The van der Waals surface area contributed by atoms with Crippen LogP contribution in [0.3, 0.4) is 0 Å². The largest absolute Gasteiger partial charge is 0.272 e. The minimum Gasteiger partial charge on any atom is -0.272 e. The van der Waals surface area contributed by atoms with Gasteiger partial charge in [0.1, 0.15) is 4.83 Å². The van der Waals surface area contributed by atoms with Crippen LogP contribution in [0.5, 0.6) is 0 Å². The molecule has 0 spiro atoms. The zero-order valence-electron chi connectivity index (χ0n) is 18.8. The molecule has 34 heavy (non-hydrogen) atoms. The first-order chi connectivity index (χ1) is 16.6. The maximum atomic E-state index is 13.7. The summed E-state index contributed by atoms with van der Waals surface area (Å²) in [4.78, 5) is 33.1. The molecule has 6 nitrogen and oxygen atoms in total. The molecule has 0 saturated carbocycles. The molecule has 0 unspecified atom stereocenters. The van der Waals surface area contributed by atoms with Crippen LogP contribution in [-0.2, 0) is 17.6 Å². The molecule has 2 heterocycles. The van der Waals surface area contributed by atoms with Crippen LogP contribution in [0.4, 0.5) is 0 Å². The van der Waals surface area contributed by atoms with Crippen LogP contribution in [0.1, 0.15) is 34.4 Å². The monoisotopic (exact) mass is 488 g/mol. The highest BCUT2D eigenvalue weighted by atomic mass is 32.2. The maximum absolute atomic E-state index is 13.7. The van der Waals surface area contributed by atoms with E-state index in [2.05, 4.69) is 10.5 Å². The minimum atomic E-state index is -0.257. The third-order valence-corrected chi connectivity index (χ3v) is 7.91. The van der Waals surface area contributed by atoms with Gasteiger partial charge in [0.15, 0.2) is 5.16 Å². The second-order valence-corrected chi connectivity index (χ2v) is 10.3. The van der Waals surface area contributed by atoms with Crippen molar-refractivity contribution in [1.29, 1.82) is 0 Å². The molecule has 1 aliphatic carbocycles. The van der Waals surface area contributed by atoms with Gasteiger partial charge in [-0.3, -0.25) is 14.2 Å². The van der Waals surface area contributed by atoms with Crippen molar-refractivity contribution in [2.24, 2.45) is 5.10 Å². The second kappa shape index (κ2) is 9.95. The normalized spacial score (nSPS) is 13.3. The van der Waals surface area contributed by atoms with E-state index in [9.17, 15) is 9.59 Å². The molecule has 8 heteroatoms. The van der Waals surface area contributed by atoms with E-state index < -0.39 is 0 Å². The first-order valence-electron chi connectivity index (χ1n) is 11.2. The van der Waals surface area contributed by atoms with Crippen LogP contribution in [0.25, 0.3) is 15.9 Å². The van der Waals surface area contributed by atoms with Crippen molar-refractivity contribution in [3.8, 4) is 5.69 Å². The lowest BCUT2D eigenvalue weighted by atomic mass is 9.97. The van der Waals surface area contributed by atoms with E-state index in [0.29, 0.717) is 5.16 Å². The smallest absolute Gasteiger partial charge is 0.267 e. The summed E-state index contributed by atoms with van der Waals surface area (Å²) in [7, 11) is 0. The molecule has 0 bridgehead atoms. The Kier molecular flexibility index (Phi) is 6.60. The van der Waals surface area contributed by atoms with Crippen molar-refractivity contribution >= 4 is 45.4 Å². The van der Waals surface area contributed by atoms with E-state index >= 15 is 0 Å². The number of hydrogen-bond donors (Lipinski definition) is 1. The van der Waals surface area contributed by atoms with Gasteiger partial charge in [0.05, 0.1) is 23.0 Å². The van der Waals surface area contributed by atoms with Crippen LogP contribution in [0.2, 0.25) is 0 Å². The summed E-state index contributed by atoms with van der Waals surface area (Å²) in [5.41, 5.74) is 6.43. The van der Waals surface area contributed by atoms with Gasteiger partial charge in [-0.2, -0.15) is 5.10 Å². The first-order valence-corrected chi connectivity index (χ1v) is 13.0. The van der Waals surface area contributed by atoms with Gasteiger partial charge < -0.3 is 0 Å². The predicted octanol–water partition coefficient (Wildman–Crippen LogP) is 4.88. The molecule has 0 aliphatic heterocycles. The summed E-state index contributed by atoms with van der Waals surface area (Å²) in [5, 5.41) is 5.28.